The molecule has 0 aromatic heterocycles. The zero-order chi connectivity index (χ0) is 15.1. The summed E-state index contributed by atoms with van der Waals surface area (Å²) in [7, 11) is 1.43. The largest absolute Gasteiger partial charge is 0.495 e. The fourth-order valence-corrected chi connectivity index (χ4v) is 1.57. The second kappa shape index (κ2) is 7.13. The van der Waals surface area contributed by atoms with Crippen LogP contribution < -0.4 is 15.8 Å². The van der Waals surface area contributed by atoms with Crippen LogP contribution in [0.5, 0.6) is 5.75 Å². The first-order chi connectivity index (χ1) is 9.43. The summed E-state index contributed by atoms with van der Waals surface area (Å²) >= 11 is 0. The molecule has 4 N–H and O–H groups in total. The maximum atomic E-state index is 11.7. The molecule has 0 radical (unpaired) electrons. The molecule has 7 heteroatoms. The lowest BCUT2D eigenvalue weighted by Gasteiger charge is -2.11. The number of carboxylic acid groups (broad SMARTS) is 1. The molecule has 0 aliphatic carbocycles. The van der Waals surface area contributed by atoms with Gasteiger partial charge < -0.3 is 20.9 Å². The average molecular weight is 280 g/mol. The number of carboxylic acids is 1. The van der Waals surface area contributed by atoms with Crippen molar-refractivity contribution in [1.29, 1.82) is 0 Å². The predicted octanol–water partition coefficient (Wildman–Crippen LogP) is 0.987. The Morgan fingerprint density at radius 1 is 1.30 bits per heavy atom. The van der Waals surface area contributed by atoms with Crippen molar-refractivity contribution >= 4 is 23.5 Å². The van der Waals surface area contributed by atoms with E-state index in [9.17, 15) is 14.4 Å². The number of hydrogen-bond acceptors (Lipinski definition) is 4. The highest BCUT2D eigenvalue weighted by Gasteiger charge is 2.11. The molecule has 0 bridgehead atoms. The summed E-state index contributed by atoms with van der Waals surface area (Å²) in [5, 5.41) is 11.1. The Bertz CT molecular complexity index is 527. The zero-order valence-corrected chi connectivity index (χ0v) is 11.0. The van der Waals surface area contributed by atoms with E-state index in [1.807, 2.05) is 0 Å². The van der Waals surface area contributed by atoms with E-state index in [2.05, 4.69) is 5.32 Å². The van der Waals surface area contributed by atoms with Gasteiger partial charge in [0.25, 0.3) is 0 Å². The van der Waals surface area contributed by atoms with Gasteiger partial charge in [-0.15, -0.1) is 0 Å². The Morgan fingerprint density at radius 3 is 2.55 bits per heavy atom. The summed E-state index contributed by atoms with van der Waals surface area (Å²) in [5.74, 6) is -1.53. The van der Waals surface area contributed by atoms with Crippen LogP contribution in [0.4, 0.5) is 5.69 Å². The van der Waals surface area contributed by atoms with Gasteiger partial charge in [-0.05, 0) is 24.6 Å². The van der Waals surface area contributed by atoms with Crippen LogP contribution in [-0.4, -0.2) is 30.0 Å². The number of carbonyl (C=O) groups is 3. The molecule has 7 nitrogen and oxygen atoms in total. The Balaban J connectivity index is 2.74. The predicted molar refractivity (Wildman–Crippen MR) is 71.6 cm³/mol. The number of nitrogens with one attached hydrogen (secondary N) is 1. The van der Waals surface area contributed by atoms with E-state index in [0.29, 0.717) is 11.4 Å². The monoisotopic (exact) mass is 280 g/mol. The van der Waals surface area contributed by atoms with E-state index < -0.39 is 11.9 Å². The van der Waals surface area contributed by atoms with Crippen molar-refractivity contribution in [2.24, 2.45) is 5.73 Å². The summed E-state index contributed by atoms with van der Waals surface area (Å²) in [6.45, 7) is 0. The van der Waals surface area contributed by atoms with Crippen LogP contribution in [-0.2, 0) is 9.59 Å². The number of aliphatic carboxylic acids is 1. The van der Waals surface area contributed by atoms with Gasteiger partial charge in [-0.1, -0.05) is 0 Å². The lowest BCUT2D eigenvalue weighted by Crippen LogP contribution is -2.15. The maximum Gasteiger partial charge on any atom is 0.303 e. The third-order valence-corrected chi connectivity index (χ3v) is 2.55. The highest BCUT2D eigenvalue weighted by molar-refractivity contribution is 5.97. The number of carbonyl (C=O) groups excluding carboxylic acids is 2. The van der Waals surface area contributed by atoms with E-state index in [1.54, 1.807) is 0 Å². The second-order valence-electron chi connectivity index (χ2n) is 4.07. The number of hydrogen-bond donors (Lipinski definition) is 3. The summed E-state index contributed by atoms with van der Waals surface area (Å²) < 4.78 is 5.06. The van der Waals surface area contributed by atoms with Crippen molar-refractivity contribution in [2.45, 2.75) is 19.3 Å². The van der Waals surface area contributed by atoms with E-state index in [1.165, 1.54) is 25.3 Å². The second-order valence-corrected chi connectivity index (χ2v) is 4.07. The molecule has 1 aromatic carbocycles. The molecule has 0 aliphatic heterocycles. The smallest absolute Gasteiger partial charge is 0.303 e. The van der Waals surface area contributed by atoms with Crippen molar-refractivity contribution in [1.82, 2.24) is 0 Å². The van der Waals surface area contributed by atoms with Crippen molar-refractivity contribution in [3.63, 3.8) is 0 Å². The molecule has 0 saturated carbocycles. The minimum Gasteiger partial charge on any atom is -0.495 e. The number of primary amides is 1. The number of ether oxygens (including phenoxy) is 1. The number of anilines is 1. The fraction of sp³-hybridized carbons (Fsp3) is 0.308. The highest BCUT2D eigenvalue weighted by Crippen LogP contribution is 2.25. The summed E-state index contributed by atoms with van der Waals surface area (Å²) in [6.07, 6.45) is 0.223. The van der Waals surface area contributed by atoms with E-state index in [-0.39, 0.29) is 30.7 Å². The molecule has 2 amide bonds. The number of nitrogens with two attached hydrogens (primary N) is 1. The minimum atomic E-state index is -0.953. The Hall–Kier alpha value is -2.57. The summed E-state index contributed by atoms with van der Waals surface area (Å²) in [5.41, 5.74) is 5.73. The molecule has 1 aromatic rings. The van der Waals surface area contributed by atoms with Gasteiger partial charge in [-0.3, -0.25) is 14.4 Å². The number of amides is 2. The van der Waals surface area contributed by atoms with Crippen LogP contribution in [0.3, 0.4) is 0 Å². The molecule has 0 spiro atoms. The lowest BCUT2D eigenvalue weighted by molar-refractivity contribution is -0.137. The van der Waals surface area contributed by atoms with Gasteiger partial charge >= 0.3 is 5.97 Å². The molecule has 0 aliphatic rings. The Morgan fingerprint density at radius 2 is 2.00 bits per heavy atom. The van der Waals surface area contributed by atoms with Crippen molar-refractivity contribution in [2.75, 3.05) is 12.4 Å². The Labute approximate surface area is 115 Å². The SMILES string of the molecule is COc1ccc(C(N)=O)cc1NC(=O)CCCC(=O)O. The van der Waals surface area contributed by atoms with Gasteiger partial charge in [0.2, 0.25) is 11.8 Å². The Kier molecular flexibility index (Phi) is 5.52. The van der Waals surface area contributed by atoms with Crippen LogP contribution in [0.2, 0.25) is 0 Å². The quantitative estimate of drug-likeness (QED) is 0.688. The lowest BCUT2D eigenvalue weighted by atomic mass is 10.1. The molecule has 0 unspecified atom stereocenters. The van der Waals surface area contributed by atoms with Gasteiger partial charge in [0.05, 0.1) is 12.8 Å². The van der Waals surface area contributed by atoms with Gasteiger partial charge in [0.1, 0.15) is 5.75 Å². The van der Waals surface area contributed by atoms with Gasteiger partial charge in [0, 0.05) is 18.4 Å². The first-order valence-electron chi connectivity index (χ1n) is 5.93. The van der Waals surface area contributed by atoms with E-state index in [4.69, 9.17) is 15.6 Å². The highest BCUT2D eigenvalue weighted by atomic mass is 16.5. The van der Waals surface area contributed by atoms with Crippen LogP contribution in [0, 0.1) is 0 Å². The third-order valence-electron chi connectivity index (χ3n) is 2.55. The first-order valence-corrected chi connectivity index (χ1v) is 5.93. The number of methoxy groups -OCH3 is 1. The van der Waals surface area contributed by atoms with Crippen LogP contribution in [0.1, 0.15) is 29.6 Å². The maximum absolute atomic E-state index is 11.7. The van der Waals surface area contributed by atoms with Crippen LogP contribution in [0.15, 0.2) is 18.2 Å². The molecular weight excluding hydrogens is 264 g/mol. The minimum absolute atomic E-state index is 0.0657. The van der Waals surface area contributed by atoms with Crippen molar-refractivity contribution in [3.05, 3.63) is 23.8 Å². The van der Waals surface area contributed by atoms with Gasteiger partial charge in [0.15, 0.2) is 0 Å². The molecule has 108 valence electrons. The molecule has 0 atom stereocenters. The van der Waals surface area contributed by atoms with Gasteiger partial charge in [-0.25, -0.2) is 0 Å². The van der Waals surface area contributed by atoms with Crippen LogP contribution in [0.25, 0.3) is 0 Å². The number of benzene rings is 1. The molecule has 0 fully saturated rings. The summed E-state index contributed by atoms with van der Waals surface area (Å²) in [6, 6.07) is 4.42. The normalized spacial score (nSPS) is 9.85. The molecule has 1 rings (SSSR count). The van der Waals surface area contributed by atoms with Crippen molar-refractivity contribution in [3.8, 4) is 5.75 Å². The third kappa shape index (κ3) is 4.60. The standard InChI is InChI=1S/C13H16N2O5/c1-20-10-6-5-8(13(14)19)7-9(10)15-11(16)3-2-4-12(17)18/h5-7H,2-4H2,1H3,(H2,14,19)(H,15,16)(H,17,18). The van der Waals surface area contributed by atoms with E-state index >= 15 is 0 Å². The summed E-state index contributed by atoms with van der Waals surface area (Å²) in [4.78, 5) is 33.1. The fourth-order valence-electron chi connectivity index (χ4n) is 1.57. The molecule has 0 heterocycles. The van der Waals surface area contributed by atoms with Gasteiger partial charge in [-0.2, -0.15) is 0 Å². The number of rotatable bonds is 7. The first kappa shape index (κ1) is 15.5. The average Bonchev–Trinajstić information content (AvgIpc) is 2.38. The molecule has 20 heavy (non-hydrogen) atoms. The van der Waals surface area contributed by atoms with E-state index in [0.717, 1.165) is 0 Å². The topological polar surface area (TPSA) is 119 Å². The van der Waals surface area contributed by atoms with Crippen molar-refractivity contribution < 1.29 is 24.2 Å². The van der Waals surface area contributed by atoms with Crippen LogP contribution >= 0.6 is 0 Å². The molecule has 0 saturated heterocycles. The zero-order valence-electron chi connectivity index (χ0n) is 11.0. The molecular formula is C13H16N2O5.